The minimum absolute atomic E-state index is 0.192. The van der Waals surface area contributed by atoms with Crippen molar-refractivity contribution in [2.24, 2.45) is 0 Å². The zero-order valence-electron chi connectivity index (χ0n) is 10.7. The molecule has 0 fully saturated rings. The number of carbonyl (C=O) groups excluding carboxylic acids is 1. The van der Waals surface area contributed by atoms with Crippen molar-refractivity contribution in [1.82, 2.24) is 25.5 Å². The molecule has 1 amide bonds. The van der Waals surface area contributed by atoms with Crippen molar-refractivity contribution in [2.45, 2.75) is 19.9 Å². The lowest BCUT2D eigenvalue weighted by Gasteiger charge is -2.09. The Morgan fingerprint density at radius 2 is 2.32 bits per heavy atom. The number of nitrogens with zero attached hydrogens (tertiary/aromatic N) is 3. The van der Waals surface area contributed by atoms with Crippen LogP contribution in [0.2, 0.25) is 0 Å². The predicted octanol–water partition coefficient (Wildman–Crippen LogP) is 0.952. The van der Waals surface area contributed by atoms with Crippen LogP contribution >= 0.6 is 0 Å². The second-order valence-electron chi connectivity index (χ2n) is 3.94. The van der Waals surface area contributed by atoms with Gasteiger partial charge in [0.1, 0.15) is 18.0 Å². The summed E-state index contributed by atoms with van der Waals surface area (Å²) in [6.45, 7) is 3.14. The number of aromatic amines is 1. The minimum Gasteiger partial charge on any atom is -0.369 e. The molecular formula is C12H16N6O. The molecule has 2 rings (SSSR count). The van der Waals surface area contributed by atoms with Crippen LogP contribution in [0.1, 0.15) is 29.5 Å². The first kappa shape index (κ1) is 13.0. The molecule has 0 aliphatic heterocycles. The van der Waals surface area contributed by atoms with Gasteiger partial charge in [-0.1, -0.05) is 6.92 Å². The Balaban J connectivity index is 2.01. The Kier molecular flexibility index (Phi) is 4.44. The highest BCUT2D eigenvalue weighted by atomic mass is 16.1. The van der Waals surface area contributed by atoms with E-state index in [1.165, 1.54) is 6.33 Å². The van der Waals surface area contributed by atoms with E-state index in [0.717, 1.165) is 13.0 Å². The van der Waals surface area contributed by atoms with Crippen LogP contribution < -0.4 is 10.6 Å². The molecule has 100 valence electrons. The maximum absolute atomic E-state index is 12.1. The average Bonchev–Trinajstić information content (AvgIpc) is 2.96. The van der Waals surface area contributed by atoms with Gasteiger partial charge in [-0.05, 0) is 18.6 Å². The van der Waals surface area contributed by atoms with Crippen molar-refractivity contribution in [3.63, 3.8) is 0 Å². The Bertz CT molecular complexity index is 525. The molecule has 0 saturated heterocycles. The second kappa shape index (κ2) is 6.48. The van der Waals surface area contributed by atoms with Gasteiger partial charge in [0.25, 0.3) is 5.91 Å². The molecule has 7 heteroatoms. The molecular weight excluding hydrogens is 244 g/mol. The van der Waals surface area contributed by atoms with Crippen LogP contribution in [0.25, 0.3) is 0 Å². The number of aromatic nitrogens is 4. The van der Waals surface area contributed by atoms with Crippen LogP contribution in [0, 0.1) is 0 Å². The average molecular weight is 260 g/mol. The lowest BCUT2D eigenvalue weighted by atomic mass is 10.2. The third-order valence-electron chi connectivity index (χ3n) is 2.48. The molecule has 2 aromatic heterocycles. The van der Waals surface area contributed by atoms with Gasteiger partial charge >= 0.3 is 0 Å². The third-order valence-corrected chi connectivity index (χ3v) is 2.48. The first-order valence-electron chi connectivity index (χ1n) is 6.12. The molecule has 7 nitrogen and oxygen atoms in total. The van der Waals surface area contributed by atoms with Crippen LogP contribution in [-0.2, 0) is 6.54 Å². The molecule has 3 N–H and O–H groups in total. The molecule has 19 heavy (non-hydrogen) atoms. The summed E-state index contributed by atoms with van der Waals surface area (Å²) in [5.74, 6) is 1.02. The fraction of sp³-hybridized carbons (Fsp3) is 0.333. The van der Waals surface area contributed by atoms with E-state index in [4.69, 9.17) is 0 Å². The number of hydrogen-bond acceptors (Lipinski definition) is 5. The molecule has 2 aromatic rings. The van der Waals surface area contributed by atoms with E-state index in [2.05, 4.69) is 37.7 Å². The summed E-state index contributed by atoms with van der Waals surface area (Å²) in [5, 5.41) is 12.3. The van der Waals surface area contributed by atoms with Crippen LogP contribution in [0.15, 0.2) is 24.7 Å². The SMILES string of the molecule is CCCNc1ncccc1C(=O)NCc1ncn[nH]1. The summed E-state index contributed by atoms with van der Waals surface area (Å²) >= 11 is 0. The summed E-state index contributed by atoms with van der Waals surface area (Å²) < 4.78 is 0. The van der Waals surface area contributed by atoms with Crippen molar-refractivity contribution in [3.8, 4) is 0 Å². The number of H-pyrrole nitrogens is 1. The molecule has 0 saturated carbocycles. The summed E-state index contributed by atoms with van der Waals surface area (Å²) in [6.07, 6.45) is 4.03. The van der Waals surface area contributed by atoms with Crippen molar-refractivity contribution in [1.29, 1.82) is 0 Å². The lowest BCUT2D eigenvalue weighted by molar-refractivity contribution is 0.0950. The van der Waals surface area contributed by atoms with Gasteiger partial charge in [0.05, 0.1) is 12.1 Å². The smallest absolute Gasteiger partial charge is 0.255 e. The molecule has 0 atom stereocenters. The highest BCUT2D eigenvalue weighted by molar-refractivity contribution is 5.98. The van der Waals surface area contributed by atoms with E-state index < -0.39 is 0 Å². The molecule has 0 aromatic carbocycles. The van der Waals surface area contributed by atoms with E-state index in [9.17, 15) is 4.79 Å². The van der Waals surface area contributed by atoms with Gasteiger partial charge in [-0.2, -0.15) is 5.10 Å². The highest BCUT2D eigenvalue weighted by Crippen LogP contribution is 2.11. The first-order chi connectivity index (χ1) is 9.31. The zero-order chi connectivity index (χ0) is 13.5. The molecule has 0 spiro atoms. The third kappa shape index (κ3) is 3.51. The molecule has 2 heterocycles. The van der Waals surface area contributed by atoms with Gasteiger partial charge in [-0.15, -0.1) is 0 Å². The van der Waals surface area contributed by atoms with Gasteiger partial charge in [-0.3, -0.25) is 9.89 Å². The van der Waals surface area contributed by atoms with Crippen LogP contribution in [-0.4, -0.2) is 32.6 Å². The van der Waals surface area contributed by atoms with Gasteiger partial charge in [-0.25, -0.2) is 9.97 Å². The lowest BCUT2D eigenvalue weighted by Crippen LogP contribution is -2.25. The van der Waals surface area contributed by atoms with Gasteiger partial charge in [0, 0.05) is 12.7 Å². The number of carbonyl (C=O) groups is 1. The number of pyridine rings is 1. The summed E-state index contributed by atoms with van der Waals surface area (Å²) in [6, 6.07) is 3.47. The minimum atomic E-state index is -0.192. The van der Waals surface area contributed by atoms with E-state index in [1.807, 2.05) is 0 Å². The van der Waals surface area contributed by atoms with Gasteiger partial charge in [0.15, 0.2) is 0 Å². The molecule has 0 radical (unpaired) electrons. The van der Waals surface area contributed by atoms with E-state index >= 15 is 0 Å². The Hall–Kier alpha value is -2.44. The summed E-state index contributed by atoms with van der Waals surface area (Å²) in [7, 11) is 0. The Morgan fingerprint density at radius 1 is 1.42 bits per heavy atom. The van der Waals surface area contributed by atoms with E-state index in [0.29, 0.717) is 23.8 Å². The van der Waals surface area contributed by atoms with Crippen molar-refractivity contribution in [2.75, 3.05) is 11.9 Å². The molecule has 0 aliphatic carbocycles. The van der Waals surface area contributed by atoms with Crippen LogP contribution in [0.3, 0.4) is 0 Å². The Morgan fingerprint density at radius 3 is 3.05 bits per heavy atom. The van der Waals surface area contributed by atoms with Crippen molar-refractivity contribution < 1.29 is 4.79 Å². The Labute approximate surface area is 110 Å². The van der Waals surface area contributed by atoms with Gasteiger partial charge in [0.2, 0.25) is 0 Å². The van der Waals surface area contributed by atoms with Gasteiger partial charge < -0.3 is 10.6 Å². The zero-order valence-corrected chi connectivity index (χ0v) is 10.7. The van der Waals surface area contributed by atoms with Crippen molar-refractivity contribution >= 4 is 11.7 Å². The predicted molar refractivity (Wildman–Crippen MR) is 70.6 cm³/mol. The standard InChI is InChI=1S/C12H16N6O/c1-2-5-13-11-9(4-3-6-14-11)12(19)15-7-10-16-8-17-18-10/h3-4,6,8H,2,5,7H2,1H3,(H,13,14)(H,15,19)(H,16,17,18). The summed E-state index contributed by atoms with van der Waals surface area (Å²) in [4.78, 5) is 20.2. The molecule has 0 unspecified atom stereocenters. The summed E-state index contributed by atoms with van der Waals surface area (Å²) in [5.41, 5.74) is 0.524. The van der Waals surface area contributed by atoms with E-state index in [1.54, 1.807) is 18.3 Å². The largest absolute Gasteiger partial charge is 0.369 e. The molecule has 0 bridgehead atoms. The van der Waals surface area contributed by atoms with Crippen LogP contribution in [0.4, 0.5) is 5.82 Å². The fourth-order valence-electron chi connectivity index (χ4n) is 1.55. The topological polar surface area (TPSA) is 95.6 Å². The second-order valence-corrected chi connectivity index (χ2v) is 3.94. The number of nitrogens with one attached hydrogen (secondary N) is 3. The maximum atomic E-state index is 12.1. The van der Waals surface area contributed by atoms with Crippen LogP contribution in [0.5, 0.6) is 0 Å². The number of anilines is 1. The molecule has 0 aliphatic rings. The fourth-order valence-corrected chi connectivity index (χ4v) is 1.55. The maximum Gasteiger partial charge on any atom is 0.255 e. The normalized spacial score (nSPS) is 10.2. The first-order valence-corrected chi connectivity index (χ1v) is 6.12. The number of rotatable bonds is 6. The number of hydrogen-bond donors (Lipinski definition) is 3. The highest BCUT2D eigenvalue weighted by Gasteiger charge is 2.11. The monoisotopic (exact) mass is 260 g/mol. The quantitative estimate of drug-likeness (QED) is 0.718. The van der Waals surface area contributed by atoms with E-state index in [-0.39, 0.29) is 5.91 Å². The van der Waals surface area contributed by atoms with Crippen molar-refractivity contribution in [3.05, 3.63) is 36.0 Å². The number of amides is 1.